The van der Waals surface area contributed by atoms with Crippen LogP contribution in [0.15, 0.2) is 11.6 Å². The summed E-state index contributed by atoms with van der Waals surface area (Å²) in [5.74, 6) is 0. The van der Waals surface area contributed by atoms with Gasteiger partial charge in [0, 0.05) is 5.03 Å². The Labute approximate surface area is 85.4 Å². The number of rotatable bonds is 2. The average molecular weight is 218 g/mol. The maximum absolute atomic E-state index is 5.73. The SMILES string of the molecule is C=Cc1sc(=S)[nH]c1/C=C(\C)Cl. The zero-order valence-electron chi connectivity index (χ0n) is 6.56. The number of allylic oxidation sites excluding steroid dienone is 1. The highest BCUT2D eigenvalue weighted by Crippen LogP contribution is 2.19. The lowest BCUT2D eigenvalue weighted by atomic mass is 10.3. The molecule has 0 unspecified atom stereocenters. The molecule has 0 bridgehead atoms. The summed E-state index contributed by atoms with van der Waals surface area (Å²) in [5, 5.41) is 0.724. The third-order valence-electron chi connectivity index (χ3n) is 1.23. The van der Waals surface area contributed by atoms with Crippen LogP contribution in [0, 0.1) is 3.95 Å². The van der Waals surface area contributed by atoms with E-state index in [-0.39, 0.29) is 0 Å². The fraction of sp³-hybridized carbons (Fsp3) is 0.125. The van der Waals surface area contributed by atoms with Crippen LogP contribution in [0.2, 0.25) is 0 Å². The zero-order valence-corrected chi connectivity index (χ0v) is 8.95. The van der Waals surface area contributed by atoms with Gasteiger partial charge in [-0.3, -0.25) is 0 Å². The topological polar surface area (TPSA) is 15.8 Å². The quantitative estimate of drug-likeness (QED) is 0.740. The molecule has 0 fully saturated rings. The van der Waals surface area contributed by atoms with Crippen LogP contribution in [-0.2, 0) is 0 Å². The first-order chi connectivity index (χ1) is 5.63. The zero-order chi connectivity index (χ0) is 9.14. The fourth-order valence-electron chi connectivity index (χ4n) is 0.810. The summed E-state index contributed by atoms with van der Waals surface area (Å²) < 4.78 is 0.745. The van der Waals surface area contributed by atoms with E-state index in [1.54, 1.807) is 6.08 Å². The number of halogens is 1. The van der Waals surface area contributed by atoms with Crippen molar-refractivity contribution in [2.24, 2.45) is 0 Å². The summed E-state index contributed by atoms with van der Waals surface area (Å²) in [5.41, 5.74) is 0.938. The molecule has 0 amide bonds. The molecule has 0 spiro atoms. The van der Waals surface area contributed by atoms with Gasteiger partial charge in [0.05, 0.1) is 10.6 Å². The van der Waals surface area contributed by atoms with E-state index in [9.17, 15) is 0 Å². The Morgan fingerprint density at radius 3 is 2.92 bits per heavy atom. The summed E-state index contributed by atoms with van der Waals surface area (Å²) in [6.45, 7) is 5.51. The van der Waals surface area contributed by atoms with Gasteiger partial charge in [-0.2, -0.15) is 0 Å². The molecule has 0 radical (unpaired) electrons. The minimum Gasteiger partial charge on any atom is -0.337 e. The van der Waals surface area contributed by atoms with Gasteiger partial charge in [0.15, 0.2) is 3.95 Å². The van der Waals surface area contributed by atoms with Crippen molar-refractivity contribution in [3.8, 4) is 0 Å². The molecule has 0 aliphatic rings. The first kappa shape index (κ1) is 9.71. The molecular formula is C8H8ClNS2. The Bertz CT molecular complexity index is 369. The molecule has 4 heteroatoms. The normalized spacial score (nSPS) is 11.7. The van der Waals surface area contributed by atoms with E-state index in [0.29, 0.717) is 0 Å². The minimum absolute atomic E-state index is 0.724. The van der Waals surface area contributed by atoms with Crippen LogP contribution in [0.1, 0.15) is 17.5 Å². The Morgan fingerprint density at radius 2 is 2.42 bits per heavy atom. The lowest BCUT2D eigenvalue weighted by molar-refractivity contribution is 1.35. The van der Waals surface area contributed by atoms with Gasteiger partial charge < -0.3 is 4.98 Å². The van der Waals surface area contributed by atoms with Crippen molar-refractivity contribution in [1.29, 1.82) is 0 Å². The molecule has 1 aromatic heterocycles. The summed E-state index contributed by atoms with van der Waals surface area (Å²) in [6, 6.07) is 0. The van der Waals surface area contributed by atoms with E-state index in [1.165, 1.54) is 11.3 Å². The Morgan fingerprint density at radius 1 is 1.75 bits per heavy atom. The van der Waals surface area contributed by atoms with E-state index in [0.717, 1.165) is 19.6 Å². The second-order valence-corrected chi connectivity index (χ2v) is 4.54. The van der Waals surface area contributed by atoms with Crippen molar-refractivity contribution >= 4 is 47.3 Å². The van der Waals surface area contributed by atoms with E-state index >= 15 is 0 Å². The number of H-pyrrole nitrogens is 1. The monoisotopic (exact) mass is 217 g/mol. The van der Waals surface area contributed by atoms with E-state index in [4.69, 9.17) is 23.8 Å². The van der Waals surface area contributed by atoms with Crippen LogP contribution in [-0.4, -0.2) is 4.98 Å². The number of aromatic nitrogens is 1. The van der Waals surface area contributed by atoms with Crippen LogP contribution >= 0.6 is 35.2 Å². The number of hydrogen-bond donors (Lipinski definition) is 1. The van der Waals surface area contributed by atoms with Crippen LogP contribution < -0.4 is 0 Å². The second kappa shape index (κ2) is 4.03. The Hall–Kier alpha value is -0.380. The molecule has 0 aliphatic carbocycles. The third kappa shape index (κ3) is 2.30. The molecule has 1 rings (SSSR count). The van der Waals surface area contributed by atoms with Gasteiger partial charge in [0.2, 0.25) is 0 Å². The molecule has 0 aliphatic heterocycles. The largest absolute Gasteiger partial charge is 0.337 e. The predicted octanol–water partition coefficient (Wildman–Crippen LogP) is 4.05. The fourth-order valence-corrected chi connectivity index (χ4v) is 1.96. The Kier molecular flexibility index (Phi) is 3.26. The molecule has 0 saturated heterocycles. The van der Waals surface area contributed by atoms with Gasteiger partial charge in [0.1, 0.15) is 0 Å². The van der Waals surface area contributed by atoms with E-state index in [1.807, 2.05) is 13.0 Å². The van der Waals surface area contributed by atoms with Gasteiger partial charge >= 0.3 is 0 Å². The molecule has 64 valence electrons. The molecule has 0 aromatic carbocycles. The lowest BCUT2D eigenvalue weighted by Crippen LogP contribution is -1.74. The molecular weight excluding hydrogens is 210 g/mol. The van der Waals surface area contributed by atoms with Gasteiger partial charge in [0.25, 0.3) is 0 Å². The van der Waals surface area contributed by atoms with E-state index < -0.39 is 0 Å². The lowest BCUT2D eigenvalue weighted by Gasteiger charge is -1.89. The van der Waals surface area contributed by atoms with Crippen molar-refractivity contribution in [2.45, 2.75) is 6.92 Å². The van der Waals surface area contributed by atoms with E-state index in [2.05, 4.69) is 11.6 Å². The highest BCUT2D eigenvalue weighted by Gasteiger charge is 1.99. The number of thiazole rings is 1. The van der Waals surface area contributed by atoms with Gasteiger partial charge in [-0.15, -0.1) is 11.3 Å². The minimum atomic E-state index is 0.724. The van der Waals surface area contributed by atoms with Crippen molar-refractivity contribution in [2.75, 3.05) is 0 Å². The average Bonchev–Trinajstić information content (AvgIpc) is 2.29. The third-order valence-corrected chi connectivity index (χ3v) is 2.59. The van der Waals surface area contributed by atoms with Crippen molar-refractivity contribution in [3.05, 3.63) is 26.1 Å². The first-order valence-corrected chi connectivity index (χ1v) is 4.93. The molecule has 12 heavy (non-hydrogen) atoms. The summed E-state index contributed by atoms with van der Waals surface area (Å²) in [4.78, 5) is 4.06. The van der Waals surface area contributed by atoms with Gasteiger partial charge in [-0.1, -0.05) is 18.2 Å². The van der Waals surface area contributed by atoms with Crippen LogP contribution in [0.4, 0.5) is 0 Å². The standard InChI is InChI=1S/C8H8ClNS2/c1-3-7-6(4-5(2)9)10-8(11)12-7/h3-4H,1H2,2H3,(H,10,11)/b5-4+. The maximum Gasteiger partial charge on any atom is 0.159 e. The predicted molar refractivity (Wildman–Crippen MR) is 59.1 cm³/mol. The van der Waals surface area contributed by atoms with Gasteiger partial charge in [-0.25, -0.2) is 0 Å². The summed E-state index contributed by atoms with van der Waals surface area (Å²) in [7, 11) is 0. The van der Waals surface area contributed by atoms with Crippen molar-refractivity contribution in [3.63, 3.8) is 0 Å². The molecule has 1 nitrogen and oxygen atoms in total. The molecule has 0 atom stereocenters. The van der Waals surface area contributed by atoms with Crippen molar-refractivity contribution in [1.82, 2.24) is 4.98 Å². The van der Waals surface area contributed by atoms with Gasteiger partial charge in [-0.05, 0) is 31.3 Å². The molecule has 1 heterocycles. The molecule has 1 N–H and O–H groups in total. The van der Waals surface area contributed by atoms with Crippen LogP contribution in [0.5, 0.6) is 0 Å². The second-order valence-electron chi connectivity index (χ2n) is 2.23. The number of aromatic amines is 1. The summed E-state index contributed by atoms with van der Waals surface area (Å²) in [6.07, 6.45) is 3.60. The smallest absolute Gasteiger partial charge is 0.159 e. The maximum atomic E-state index is 5.73. The highest BCUT2D eigenvalue weighted by atomic mass is 35.5. The molecule has 0 saturated carbocycles. The number of hydrogen-bond acceptors (Lipinski definition) is 2. The Balaban J connectivity index is 3.22. The van der Waals surface area contributed by atoms with Crippen LogP contribution in [0.3, 0.4) is 0 Å². The van der Waals surface area contributed by atoms with Crippen LogP contribution in [0.25, 0.3) is 12.2 Å². The molecule has 1 aromatic rings. The summed E-state index contributed by atoms with van der Waals surface area (Å²) >= 11 is 12.2. The highest BCUT2D eigenvalue weighted by molar-refractivity contribution is 7.73. The first-order valence-electron chi connectivity index (χ1n) is 3.33. The van der Waals surface area contributed by atoms with Crippen molar-refractivity contribution < 1.29 is 0 Å². The number of nitrogens with one attached hydrogen (secondary N) is 1.